The number of hydrazone groups is 1. The fourth-order valence-electron chi connectivity index (χ4n) is 1.84. The van der Waals surface area contributed by atoms with Gasteiger partial charge in [-0.3, -0.25) is 4.79 Å². The third kappa shape index (κ3) is 5.98. The Balaban J connectivity index is 1.84. The second kappa shape index (κ2) is 9.44. The maximum Gasteiger partial charge on any atom is 0.341 e. The number of rotatable bonds is 8. The lowest BCUT2D eigenvalue weighted by molar-refractivity contribution is -0.139. The molecule has 0 heterocycles. The molecular weight excluding hydrogens is 338 g/mol. The number of nitriles is 1. The molecule has 0 unspecified atom stereocenters. The first-order valence-corrected chi connectivity index (χ1v) is 7.47. The van der Waals surface area contributed by atoms with Crippen LogP contribution in [-0.4, -0.2) is 36.4 Å². The zero-order valence-corrected chi connectivity index (χ0v) is 13.6. The summed E-state index contributed by atoms with van der Waals surface area (Å²) in [4.78, 5) is 22.3. The van der Waals surface area contributed by atoms with E-state index < -0.39 is 18.5 Å². The van der Waals surface area contributed by atoms with Gasteiger partial charge in [0.05, 0.1) is 17.8 Å². The lowest BCUT2D eigenvalue weighted by atomic mass is 10.2. The van der Waals surface area contributed by atoms with Crippen LogP contribution in [-0.2, 0) is 9.59 Å². The molecule has 0 bridgehead atoms. The number of hydrogen-bond acceptors (Lipinski definition) is 6. The first-order chi connectivity index (χ1) is 12.6. The minimum absolute atomic E-state index is 0.250. The van der Waals surface area contributed by atoms with E-state index >= 15 is 0 Å². The second-order valence-electron chi connectivity index (χ2n) is 4.94. The van der Waals surface area contributed by atoms with Gasteiger partial charge in [0.1, 0.15) is 11.5 Å². The number of ether oxygens (including phenoxy) is 2. The summed E-state index contributed by atoms with van der Waals surface area (Å²) in [6.07, 6.45) is 1.34. The highest BCUT2D eigenvalue weighted by molar-refractivity contribution is 5.85. The van der Waals surface area contributed by atoms with Crippen LogP contribution in [0.15, 0.2) is 53.6 Å². The van der Waals surface area contributed by atoms with E-state index in [2.05, 4.69) is 10.5 Å². The molecule has 0 aliphatic carbocycles. The first-order valence-electron chi connectivity index (χ1n) is 7.47. The average molecular weight is 353 g/mol. The quantitative estimate of drug-likeness (QED) is 0.549. The molecule has 8 heteroatoms. The summed E-state index contributed by atoms with van der Waals surface area (Å²) in [6.45, 7) is -0.726. The van der Waals surface area contributed by atoms with E-state index in [4.69, 9.17) is 19.8 Å². The SMILES string of the molecule is N#Cc1ccc(OCC(=O)N/N=C/c2ccccc2OCC(=O)O)cc1. The van der Waals surface area contributed by atoms with E-state index in [1.165, 1.54) is 6.21 Å². The van der Waals surface area contributed by atoms with Gasteiger partial charge in [-0.1, -0.05) is 12.1 Å². The number of carboxylic acid groups (broad SMARTS) is 1. The number of nitrogens with one attached hydrogen (secondary N) is 1. The number of carboxylic acids is 1. The van der Waals surface area contributed by atoms with Crippen molar-refractivity contribution >= 4 is 18.1 Å². The highest BCUT2D eigenvalue weighted by atomic mass is 16.5. The molecule has 0 saturated carbocycles. The van der Waals surface area contributed by atoms with Crippen LogP contribution in [0.3, 0.4) is 0 Å². The summed E-state index contributed by atoms with van der Waals surface area (Å²) >= 11 is 0. The summed E-state index contributed by atoms with van der Waals surface area (Å²) in [5.41, 5.74) is 3.31. The van der Waals surface area contributed by atoms with E-state index in [1.54, 1.807) is 48.5 Å². The molecule has 132 valence electrons. The molecule has 0 radical (unpaired) electrons. The Morgan fingerprint density at radius 3 is 2.54 bits per heavy atom. The standard InChI is InChI=1S/C18H15N3O5/c19-9-13-5-7-15(8-6-13)25-11-17(22)21-20-10-14-3-1-2-4-16(14)26-12-18(23)24/h1-8,10H,11-12H2,(H,21,22)(H,23,24)/b20-10+. The molecular formula is C18H15N3O5. The molecule has 1 amide bonds. The number of nitrogens with zero attached hydrogens (tertiary/aromatic N) is 2. The molecule has 2 N–H and O–H groups in total. The summed E-state index contributed by atoms with van der Waals surface area (Å²) in [6, 6.07) is 15.0. The van der Waals surface area contributed by atoms with Crippen LogP contribution in [0, 0.1) is 11.3 Å². The Kier molecular flexibility index (Phi) is 6.71. The van der Waals surface area contributed by atoms with Gasteiger partial charge in [0.2, 0.25) is 0 Å². The van der Waals surface area contributed by atoms with Crippen molar-refractivity contribution in [1.82, 2.24) is 5.43 Å². The van der Waals surface area contributed by atoms with Crippen LogP contribution in [0.5, 0.6) is 11.5 Å². The lowest BCUT2D eigenvalue weighted by Gasteiger charge is -2.06. The van der Waals surface area contributed by atoms with Crippen LogP contribution in [0.2, 0.25) is 0 Å². The van der Waals surface area contributed by atoms with Crippen molar-refractivity contribution < 1.29 is 24.2 Å². The molecule has 26 heavy (non-hydrogen) atoms. The molecule has 0 aliphatic heterocycles. The minimum Gasteiger partial charge on any atom is -0.484 e. The Bertz CT molecular complexity index is 841. The Labute approximate surface area is 149 Å². The summed E-state index contributed by atoms with van der Waals surface area (Å²) in [5, 5.41) is 21.2. The molecule has 0 spiro atoms. The van der Waals surface area contributed by atoms with E-state index in [9.17, 15) is 9.59 Å². The molecule has 0 fully saturated rings. The van der Waals surface area contributed by atoms with E-state index in [0.717, 1.165) is 0 Å². The van der Waals surface area contributed by atoms with Crippen LogP contribution in [0.1, 0.15) is 11.1 Å². The van der Waals surface area contributed by atoms with Crippen LogP contribution >= 0.6 is 0 Å². The molecule has 2 aromatic rings. The number of hydrogen-bond donors (Lipinski definition) is 2. The second-order valence-corrected chi connectivity index (χ2v) is 4.94. The molecule has 2 aromatic carbocycles. The first kappa shape index (κ1) is 18.5. The Morgan fingerprint density at radius 2 is 1.85 bits per heavy atom. The predicted molar refractivity (Wildman–Crippen MR) is 92.0 cm³/mol. The Morgan fingerprint density at radius 1 is 1.12 bits per heavy atom. The normalized spacial score (nSPS) is 10.1. The largest absolute Gasteiger partial charge is 0.484 e. The highest BCUT2D eigenvalue weighted by Gasteiger charge is 2.05. The predicted octanol–water partition coefficient (Wildman–Crippen LogP) is 1.55. The van der Waals surface area contributed by atoms with Gasteiger partial charge in [0, 0.05) is 5.56 Å². The van der Waals surface area contributed by atoms with Crippen molar-refractivity contribution in [2.45, 2.75) is 0 Å². The van der Waals surface area contributed by atoms with Gasteiger partial charge in [-0.05, 0) is 36.4 Å². The minimum atomic E-state index is -1.09. The van der Waals surface area contributed by atoms with E-state index in [0.29, 0.717) is 22.6 Å². The number of para-hydroxylation sites is 1. The third-order valence-electron chi connectivity index (χ3n) is 3.02. The highest BCUT2D eigenvalue weighted by Crippen LogP contribution is 2.15. The van der Waals surface area contributed by atoms with Gasteiger partial charge in [-0.15, -0.1) is 0 Å². The third-order valence-corrected chi connectivity index (χ3v) is 3.02. The van der Waals surface area contributed by atoms with Crippen molar-refractivity contribution in [3.8, 4) is 17.6 Å². The monoisotopic (exact) mass is 353 g/mol. The molecule has 8 nitrogen and oxygen atoms in total. The average Bonchev–Trinajstić information content (AvgIpc) is 2.66. The van der Waals surface area contributed by atoms with Gasteiger partial charge in [-0.25, -0.2) is 10.2 Å². The maximum atomic E-state index is 11.7. The zero-order valence-electron chi connectivity index (χ0n) is 13.6. The van der Waals surface area contributed by atoms with Gasteiger partial charge < -0.3 is 14.6 Å². The van der Waals surface area contributed by atoms with Crippen molar-refractivity contribution in [3.63, 3.8) is 0 Å². The number of carbonyl (C=O) groups is 2. The molecule has 2 rings (SSSR count). The fourth-order valence-corrected chi connectivity index (χ4v) is 1.84. The summed E-state index contributed by atoms with van der Waals surface area (Å²) in [7, 11) is 0. The van der Waals surface area contributed by atoms with Crippen molar-refractivity contribution in [1.29, 1.82) is 5.26 Å². The maximum absolute atomic E-state index is 11.7. The molecule has 0 saturated heterocycles. The Hall–Kier alpha value is -3.86. The van der Waals surface area contributed by atoms with Crippen LogP contribution < -0.4 is 14.9 Å². The van der Waals surface area contributed by atoms with Crippen LogP contribution in [0.25, 0.3) is 0 Å². The number of aliphatic carboxylic acids is 1. The van der Waals surface area contributed by atoms with Crippen LogP contribution in [0.4, 0.5) is 0 Å². The van der Waals surface area contributed by atoms with Gasteiger partial charge in [0.25, 0.3) is 5.91 Å². The smallest absolute Gasteiger partial charge is 0.341 e. The molecule has 0 aliphatic rings. The van der Waals surface area contributed by atoms with Crippen molar-refractivity contribution in [3.05, 3.63) is 59.7 Å². The van der Waals surface area contributed by atoms with Gasteiger partial charge in [0.15, 0.2) is 13.2 Å². The fraction of sp³-hybridized carbons (Fsp3) is 0.111. The zero-order chi connectivity index (χ0) is 18.8. The summed E-state index contributed by atoms with van der Waals surface area (Å²) < 4.78 is 10.4. The summed E-state index contributed by atoms with van der Waals surface area (Å²) in [5.74, 6) is -0.781. The van der Waals surface area contributed by atoms with E-state index in [-0.39, 0.29) is 6.61 Å². The number of benzene rings is 2. The number of carbonyl (C=O) groups excluding carboxylic acids is 1. The molecule has 0 atom stereocenters. The van der Waals surface area contributed by atoms with Gasteiger partial charge in [-0.2, -0.15) is 10.4 Å². The van der Waals surface area contributed by atoms with Crippen molar-refractivity contribution in [2.24, 2.45) is 5.10 Å². The lowest BCUT2D eigenvalue weighted by Crippen LogP contribution is -2.24. The topological polar surface area (TPSA) is 121 Å². The van der Waals surface area contributed by atoms with Gasteiger partial charge >= 0.3 is 5.97 Å². The van der Waals surface area contributed by atoms with E-state index in [1.807, 2.05) is 6.07 Å². The molecule has 0 aromatic heterocycles. The number of amides is 1. The van der Waals surface area contributed by atoms with Crippen molar-refractivity contribution in [2.75, 3.05) is 13.2 Å².